The second kappa shape index (κ2) is 6.70. The molecule has 2 atom stereocenters. The third-order valence-corrected chi connectivity index (χ3v) is 3.52. The number of nitrogens with two attached hydrogens (primary N) is 1. The van der Waals surface area contributed by atoms with Crippen molar-refractivity contribution in [3.8, 4) is 0 Å². The Balaban J connectivity index is 2.54. The third kappa shape index (κ3) is 4.35. The monoisotopic (exact) mass is 266 g/mol. The average molecular weight is 266 g/mol. The molecule has 1 aromatic heterocycles. The van der Waals surface area contributed by atoms with Crippen LogP contribution in [0.15, 0.2) is 0 Å². The van der Waals surface area contributed by atoms with Crippen molar-refractivity contribution in [3.63, 3.8) is 0 Å². The second-order valence-electron chi connectivity index (χ2n) is 5.44. The van der Waals surface area contributed by atoms with Crippen LogP contribution >= 0.6 is 0 Å². The smallest absolute Gasteiger partial charge is 0.223 e. The lowest BCUT2D eigenvalue weighted by Crippen LogP contribution is -2.33. The molecule has 0 bridgehead atoms. The predicted octanol–water partition coefficient (Wildman–Crippen LogP) is 1.07. The molecule has 1 amide bonds. The molecule has 0 radical (unpaired) electrons. The molecular formula is C14H26N4O. The van der Waals surface area contributed by atoms with E-state index in [0.717, 1.165) is 24.2 Å². The first-order valence-electron chi connectivity index (χ1n) is 6.85. The zero-order valence-electron chi connectivity index (χ0n) is 12.7. The Morgan fingerprint density at radius 3 is 2.53 bits per heavy atom. The van der Waals surface area contributed by atoms with Crippen molar-refractivity contribution in [2.24, 2.45) is 18.7 Å². The number of rotatable bonds is 6. The van der Waals surface area contributed by atoms with Crippen molar-refractivity contribution in [2.75, 3.05) is 6.54 Å². The van der Waals surface area contributed by atoms with Crippen LogP contribution in [-0.4, -0.2) is 28.3 Å². The number of hydrogen-bond acceptors (Lipinski definition) is 3. The maximum absolute atomic E-state index is 12.0. The van der Waals surface area contributed by atoms with Crippen LogP contribution in [0.4, 0.5) is 0 Å². The fourth-order valence-electron chi connectivity index (χ4n) is 2.11. The Morgan fingerprint density at radius 1 is 1.42 bits per heavy atom. The maximum atomic E-state index is 12.0. The number of nitrogens with zero attached hydrogens (tertiary/aromatic N) is 2. The van der Waals surface area contributed by atoms with Crippen molar-refractivity contribution in [1.29, 1.82) is 0 Å². The van der Waals surface area contributed by atoms with Crippen LogP contribution in [0.25, 0.3) is 0 Å². The molecule has 5 nitrogen and oxygen atoms in total. The van der Waals surface area contributed by atoms with Crippen LogP contribution in [0, 0.1) is 19.8 Å². The summed E-state index contributed by atoms with van der Waals surface area (Å²) in [5.74, 6) is 0.0398. The fraction of sp³-hybridized carbons (Fsp3) is 0.714. The van der Waals surface area contributed by atoms with Crippen molar-refractivity contribution in [1.82, 2.24) is 15.1 Å². The fourth-order valence-corrected chi connectivity index (χ4v) is 2.11. The van der Waals surface area contributed by atoms with E-state index in [1.807, 2.05) is 39.4 Å². The number of amides is 1. The van der Waals surface area contributed by atoms with Crippen LogP contribution < -0.4 is 11.1 Å². The molecule has 1 heterocycles. The highest BCUT2D eigenvalue weighted by atomic mass is 16.1. The van der Waals surface area contributed by atoms with Gasteiger partial charge in [0.15, 0.2) is 0 Å². The van der Waals surface area contributed by atoms with E-state index >= 15 is 0 Å². The molecule has 5 heteroatoms. The van der Waals surface area contributed by atoms with Gasteiger partial charge in [0.05, 0.1) is 5.69 Å². The van der Waals surface area contributed by atoms with E-state index in [1.54, 1.807) is 0 Å². The molecule has 2 unspecified atom stereocenters. The van der Waals surface area contributed by atoms with Gasteiger partial charge >= 0.3 is 0 Å². The highest BCUT2D eigenvalue weighted by Crippen LogP contribution is 2.16. The third-order valence-electron chi connectivity index (χ3n) is 3.52. The van der Waals surface area contributed by atoms with E-state index < -0.39 is 0 Å². The lowest BCUT2D eigenvalue weighted by Gasteiger charge is -2.13. The van der Waals surface area contributed by atoms with E-state index in [-0.39, 0.29) is 17.9 Å². The van der Waals surface area contributed by atoms with Crippen LogP contribution in [0.3, 0.4) is 0 Å². The van der Waals surface area contributed by atoms with Crippen molar-refractivity contribution in [2.45, 2.75) is 46.6 Å². The molecule has 0 aromatic carbocycles. The van der Waals surface area contributed by atoms with E-state index in [0.29, 0.717) is 6.54 Å². The zero-order chi connectivity index (χ0) is 14.6. The molecule has 0 aliphatic heterocycles. The normalized spacial score (nSPS) is 14.2. The summed E-state index contributed by atoms with van der Waals surface area (Å²) in [6.45, 7) is 8.57. The first-order valence-corrected chi connectivity index (χ1v) is 6.85. The summed E-state index contributed by atoms with van der Waals surface area (Å²) in [6, 6.07) is 0.124. The molecule has 19 heavy (non-hydrogen) atoms. The summed E-state index contributed by atoms with van der Waals surface area (Å²) in [5, 5.41) is 7.31. The molecule has 0 saturated carbocycles. The van der Waals surface area contributed by atoms with E-state index in [1.165, 1.54) is 5.56 Å². The van der Waals surface area contributed by atoms with Crippen LogP contribution in [0.2, 0.25) is 0 Å². The predicted molar refractivity (Wildman–Crippen MR) is 76.8 cm³/mol. The Kier molecular flexibility index (Phi) is 5.54. The molecule has 108 valence electrons. The molecule has 1 aromatic rings. The highest BCUT2D eigenvalue weighted by Gasteiger charge is 2.18. The van der Waals surface area contributed by atoms with Gasteiger partial charge in [-0.15, -0.1) is 0 Å². The van der Waals surface area contributed by atoms with Crippen LogP contribution in [-0.2, 0) is 18.3 Å². The van der Waals surface area contributed by atoms with Gasteiger partial charge in [0.2, 0.25) is 5.91 Å². The van der Waals surface area contributed by atoms with Gasteiger partial charge in [0.25, 0.3) is 0 Å². The first kappa shape index (κ1) is 15.7. The number of hydrogen-bond donors (Lipinski definition) is 2. The maximum Gasteiger partial charge on any atom is 0.223 e. The number of aromatic nitrogens is 2. The van der Waals surface area contributed by atoms with Gasteiger partial charge in [-0.05, 0) is 39.2 Å². The molecular weight excluding hydrogens is 240 g/mol. The van der Waals surface area contributed by atoms with Crippen molar-refractivity contribution >= 4 is 5.91 Å². The van der Waals surface area contributed by atoms with Gasteiger partial charge in [0.1, 0.15) is 0 Å². The highest BCUT2D eigenvalue weighted by molar-refractivity contribution is 5.78. The number of carbonyl (C=O) groups excluding carboxylic acids is 1. The number of aryl methyl sites for hydroxylation is 2. The van der Waals surface area contributed by atoms with Gasteiger partial charge in [0, 0.05) is 31.2 Å². The van der Waals surface area contributed by atoms with E-state index in [4.69, 9.17) is 5.73 Å². The molecule has 0 aliphatic rings. The summed E-state index contributed by atoms with van der Waals surface area (Å²) in [4.78, 5) is 12.0. The van der Waals surface area contributed by atoms with Gasteiger partial charge < -0.3 is 11.1 Å². The quantitative estimate of drug-likeness (QED) is 0.809. The molecule has 0 aliphatic carbocycles. The number of nitrogens with one attached hydrogen (secondary N) is 1. The Bertz CT molecular complexity index is 437. The average Bonchev–Trinajstić information content (AvgIpc) is 2.55. The Labute approximate surface area is 115 Å². The van der Waals surface area contributed by atoms with Crippen molar-refractivity contribution < 1.29 is 4.79 Å². The number of carbonyl (C=O) groups is 1. The van der Waals surface area contributed by atoms with Crippen LogP contribution in [0.5, 0.6) is 0 Å². The molecule has 0 spiro atoms. The van der Waals surface area contributed by atoms with E-state index in [2.05, 4.69) is 10.4 Å². The van der Waals surface area contributed by atoms with Crippen molar-refractivity contribution in [3.05, 3.63) is 17.0 Å². The Morgan fingerprint density at radius 2 is 2.05 bits per heavy atom. The summed E-state index contributed by atoms with van der Waals surface area (Å²) >= 11 is 0. The lowest BCUT2D eigenvalue weighted by molar-refractivity contribution is -0.124. The minimum atomic E-state index is -0.0466. The second-order valence-corrected chi connectivity index (χ2v) is 5.44. The van der Waals surface area contributed by atoms with Gasteiger partial charge in [-0.1, -0.05) is 6.92 Å². The van der Waals surface area contributed by atoms with Gasteiger partial charge in [-0.2, -0.15) is 5.10 Å². The summed E-state index contributed by atoms with van der Waals surface area (Å²) in [5.41, 5.74) is 8.98. The summed E-state index contributed by atoms with van der Waals surface area (Å²) in [6.07, 6.45) is 1.54. The molecule has 0 saturated heterocycles. The van der Waals surface area contributed by atoms with Crippen LogP contribution in [0.1, 0.15) is 37.2 Å². The summed E-state index contributed by atoms with van der Waals surface area (Å²) in [7, 11) is 1.93. The van der Waals surface area contributed by atoms with Gasteiger partial charge in [-0.25, -0.2) is 0 Å². The SMILES string of the molecule is Cc1nn(C)c(C)c1CC(C)C(=O)NCCC(C)N. The topological polar surface area (TPSA) is 72.9 Å². The minimum Gasteiger partial charge on any atom is -0.356 e. The largest absolute Gasteiger partial charge is 0.356 e. The lowest BCUT2D eigenvalue weighted by atomic mass is 9.99. The molecule has 0 fully saturated rings. The zero-order valence-corrected chi connectivity index (χ0v) is 12.7. The van der Waals surface area contributed by atoms with Gasteiger partial charge in [-0.3, -0.25) is 9.48 Å². The molecule has 3 N–H and O–H groups in total. The summed E-state index contributed by atoms with van der Waals surface area (Å²) < 4.78 is 1.87. The Hall–Kier alpha value is -1.36. The minimum absolute atomic E-state index is 0.0466. The standard InChI is InChI=1S/C14H26N4O/c1-9(14(19)16-7-6-10(2)15)8-13-11(3)17-18(5)12(13)4/h9-10H,6-8,15H2,1-5H3,(H,16,19). The van der Waals surface area contributed by atoms with E-state index in [9.17, 15) is 4.79 Å². The molecule has 1 rings (SSSR count). The first-order chi connectivity index (χ1) is 8.82.